The molecule has 1 heteroatoms. The highest BCUT2D eigenvalue weighted by Crippen LogP contribution is 2.29. The Balaban J connectivity index is 2.39. The number of hydrogen-bond donors (Lipinski definition) is 0. The van der Waals surface area contributed by atoms with Gasteiger partial charge in [-0.1, -0.05) is 20.8 Å². The van der Waals surface area contributed by atoms with Crippen molar-refractivity contribution < 1.29 is 0 Å². The first-order chi connectivity index (χ1) is 6.50. The molecule has 0 aromatic heterocycles. The molecule has 0 N–H and O–H groups in total. The van der Waals surface area contributed by atoms with Crippen LogP contribution >= 0.6 is 0 Å². The second-order valence-electron chi connectivity index (χ2n) is 5.74. The molecule has 84 valence electrons. The molecule has 2 atom stereocenters. The van der Waals surface area contributed by atoms with Crippen LogP contribution in [0.4, 0.5) is 0 Å². The SMILES string of the molecule is CC(C)C[C@@H]1CCN(C(C)C)C[C@H]1C. The van der Waals surface area contributed by atoms with E-state index in [0.717, 1.165) is 23.8 Å². The summed E-state index contributed by atoms with van der Waals surface area (Å²) in [7, 11) is 0. The number of hydrogen-bond acceptors (Lipinski definition) is 1. The highest BCUT2D eigenvalue weighted by atomic mass is 15.2. The first kappa shape index (κ1) is 12.0. The molecule has 0 radical (unpaired) electrons. The van der Waals surface area contributed by atoms with Gasteiger partial charge >= 0.3 is 0 Å². The summed E-state index contributed by atoms with van der Waals surface area (Å²) in [5.74, 6) is 2.74. The highest BCUT2D eigenvalue weighted by Gasteiger charge is 2.27. The molecule has 14 heavy (non-hydrogen) atoms. The van der Waals surface area contributed by atoms with Crippen molar-refractivity contribution >= 4 is 0 Å². The fourth-order valence-corrected chi connectivity index (χ4v) is 2.65. The van der Waals surface area contributed by atoms with E-state index in [4.69, 9.17) is 0 Å². The number of piperidine rings is 1. The van der Waals surface area contributed by atoms with Crippen LogP contribution in [0.25, 0.3) is 0 Å². The van der Waals surface area contributed by atoms with E-state index in [2.05, 4.69) is 39.5 Å². The Labute approximate surface area is 89.9 Å². The molecule has 0 aliphatic carbocycles. The van der Waals surface area contributed by atoms with Crippen LogP contribution in [0.1, 0.15) is 47.5 Å². The van der Waals surface area contributed by atoms with Crippen LogP contribution in [-0.2, 0) is 0 Å². The van der Waals surface area contributed by atoms with E-state index >= 15 is 0 Å². The number of nitrogens with zero attached hydrogens (tertiary/aromatic N) is 1. The van der Waals surface area contributed by atoms with Crippen molar-refractivity contribution in [3.63, 3.8) is 0 Å². The molecule has 0 unspecified atom stereocenters. The van der Waals surface area contributed by atoms with Crippen molar-refractivity contribution in [1.82, 2.24) is 4.90 Å². The summed E-state index contributed by atoms with van der Waals surface area (Å²) in [6.07, 6.45) is 2.84. The Morgan fingerprint density at radius 1 is 1.21 bits per heavy atom. The molecule has 1 nitrogen and oxygen atoms in total. The predicted octanol–water partition coefficient (Wildman–Crippen LogP) is 3.40. The molecular formula is C13H27N. The molecule has 1 heterocycles. The van der Waals surface area contributed by atoms with Crippen molar-refractivity contribution in [2.45, 2.75) is 53.5 Å². The lowest BCUT2D eigenvalue weighted by molar-refractivity contribution is 0.0917. The van der Waals surface area contributed by atoms with E-state index in [1.54, 1.807) is 0 Å². The minimum Gasteiger partial charge on any atom is -0.301 e. The zero-order chi connectivity index (χ0) is 10.7. The van der Waals surface area contributed by atoms with Crippen LogP contribution in [0.15, 0.2) is 0 Å². The van der Waals surface area contributed by atoms with Gasteiger partial charge in [0.15, 0.2) is 0 Å². The summed E-state index contributed by atoms with van der Waals surface area (Å²) in [5.41, 5.74) is 0. The third kappa shape index (κ3) is 3.27. The predicted molar refractivity (Wildman–Crippen MR) is 63.4 cm³/mol. The Bertz CT molecular complexity index is 163. The maximum atomic E-state index is 2.63. The quantitative estimate of drug-likeness (QED) is 0.670. The van der Waals surface area contributed by atoms with Crippen molar-refractivity contribution in [1.29, 1.82) is 0 Å². The second kappa shape index (κ2) is 5.16. The minimum atomic E-state index is 0.734. The maximum Gasteiger partial charge on any atom is 0.00387 e. The van der Waals surface area contributed by atoms with Crippen LogP contribution in [-0.4, -0.2) is 24.0 Å². The number of rotatable bonds is 3. The van der Waals surface area contributed by atoms with Crippen LogP contribution in [0.2, 0.25) is 0 Å². The fourth-order valence-electron chi connectivity index (χ4n) is 2.65. The van der Waals surface area contributed by atoms with E-state index in [1.807, 2.05) is 0 Å². The molecule has 1 saturated heterocycles. The molecule has 1 aliphatic rings. The summed E-state index contributed by atoms with van der Waals surface area (Å²) < 4.78 is 0. The molecule has 0 aromatic carbocycles. The lowest BCUT2D eigenvalue weighted by atomic mass is 9.81. The molecule has 0 bridgehead atoms. The summed E-state index contributed by atoms with van der Waals surface area (Å²) in [6.45, 7) is 14.4. The minimum absolute atomic E-state index is 0.734. The first-order valence-electron chi connectivity index (χ1n) is 6.24. The second-order valence-corrected chi connectivity index (χ2v) is 5.74. The third-order valence-electron chi connectivity index (χ3n) is 3.62. The number of likely N-dealkylation sites (tertiary alicyclic amines) is 1. The van der Waals surface area contributed by atoms with Gasteiger partial charge in [0.05, 0.1) is 0 Å². The van der Waals surface area contributed by atoms with Gasteiger partial charge < -0.3 is 4.90 Å². The highest BCUT2D eigenvalue weighted by molar-refractivity contribution is 4.80. The van der Waals surface area contributed by atoms with E-state index < -0.39 is 0 Å². The summed E-state index contributed by atoms with van der Waals surface area (Å²) in [6, 6.07) is 0.734. The van der Waals surface area contributed by atoms with Gasteiger partial charge in [-0.05, 0) is 51.0 Å². The molecular weight excluding hydrogens is 170 g/mol. The third-order valence-corrected chi connectivity index (χ3v) is 3.62. The Morgan fingerprint density at radius 3 is 2.29 bits per heavy atom. The Kier molecular flexibility index (Phi) is 4.43. The van der Waals surface area contributed by atoms with Gasteiger partial charge in [-0.2, -0.15) is 0 Å². The molecule has 0 amide bonds. The van der Waals surface area contributed by atoms with Crippen molar-refractivity contribution in [2.75, 3.05) is 13.1 Å². The summed E-state index contributed by atoms with van der Waals surface area (Å²) in [5, 5.41) is 0. The molecule has 0 saturated carbocycles. The van der Waals surface area contributed by atoms with Crippen LogP contribution < -0.4 is 0 Å². The molecule has 1 rings (SSSR count). The standard InChI is InChI=1S/C13H27N/c1-10(2)8-13-6-7-14(11(3)4)9-12(13)5/h10-13H,6-9H2,1-5H3/t12-,13+/m1/s1. The van der Waals surface area contributed by atoms with E-state index in [1.165, 1.54) is 25.9 Å². The first-order valence-corrected chi connectivity index (χ1v) is 6.24. The summed E-state index contributed by atoms with van der Waals surface area (Å²) in [4.78, 5) is 2.63. The lowest BCUT2D eigenvalue weighted by Gasteiger charge is -2.39. The molecule has 0 aromatic rings. The smallest absolute Gasteiger partial charge is 0.00387 e. The average molecular weight is 197 g/mol. The van der Waals surface area contributed by atoms with E-state index in [9.17, 15) is 0 Å². The average Bonchev–Trinajstić information content (AvgIpc) is 2.07. The van der Waals surface area contributed by atoms with Gasteiger partial charge in [-0.3, -0.25) is 0 Å². The topological polar surface area (TPSA) is 3.24 Å². The van der Waals surface area contributed by atoms with Crippen LogP contribution in [0.3, 0.4) is 0 Å². The molecule has 1 aliphatic heterocycles. The van der Waals surface area contributed by atoms with Crippen molar-refractivity contribution in [2.24, 2.45) is 17.8 Å². The Hall–Kier alpha value is -0.0400. The largest absolute Gasteiger partial charge is 0.301 e. The maximum absolute atomic E-state index is 2.63. The summed E-state index contributed by atoms with van der Waals surface area (Å²) >= 11 is 0. The Morgan fingerprint density at radius 2 is 1.86 bits per heavy atom. The van der Waals surface area contributed by atoms with Gasteiger partial charge in [0.2, 0.25) is 0 Å². The zero-order valence-corrected chi connectivity index (χ0v) is 10.6. The van der Waals surface area contributed by atoms with E-state index in [0.29, 0.717) is 0 Å². The fraction of sp³-hybridized carbons (Fsp3) is 1.00. The van der Waals surface area contributed by atoms with Crippen LogP contribution in [0.5, 0.6) is 0 Å². The normalized spacial score (nSPS) is 30.2. The van der Waals surface area contributed by atoms with Gasteiger partial charge in [-0.15, -0.1) is 0 Å². The lowest BCUT2D eigenvalue weighted by Crippen LogP contribution is -2.43. The molecule has 0 spiro atoms. The van der Waals surface area contributed by atoms with Crippen LogP contribution in [0, 0.1) is 17.8 Å². The van der Waals surface area contributed by atoms with Crippen molar-refractivity contribution in [3.8, 4) is 0 Å². The van der Waals surface area contributed by atoms with E-state index in [-0.39, 0.29) is 0 Å². The zero-order valence-electron chi connectivity index (χ0n) is 10.6. The van der Waals surface area contributed by atoms with Gasteiger partial charge in [-0.25, -0.2) is 0 Å². The molecule has 1 fully saturated rings. The monoisotopic (exact) mass is 197 g/mol. The van der Waals surface area contributed by atoms with Crippen molar-refractivity contribution in [3.05, 3.63) is 0 Å². The van der Waals surface area contributed by atoms with Gasteiger partial charge in [0.1, 0.15) is 0 Å². The van der Waals surface area contributed by atoms with Gasteiger partial charge in [0.25, 0.3) is 0 Å². The van der Waals surface area contributed by atoms with Gasteiger partial charge in [0, 0.05) is 12.6 Å².